The Morgan fingerprint density at radius 2 is 1.72 bits per heavy atom. The zero-order valence-electron chi connectivity index (χ0n) is 13.7. The average Bonchev–Trinajstić information content (AvgIpc) is 2.62. The molecule has 0 fully saturated rings. The molecule has 132 valence electrons. The van der Waals surface area contributed by atoms with E-state index >= 15 is 0 Å². The van der Waals surface area contributed by atoms with Gasteiger partial charge in [-0.25, -0.2) is 8.42 Å². The Kier molecular flexibility index (Phi) is 5.47. The molecule has 4 nitrogen and oxygen atoms in total. The second-order valence-electron chi connectivity index (χ2n) is 6.10. The largest absolute Gasteiger partial charge is 0.508 e. The minimum atomic E-state index is -3.30. The molecule has 0 aliphatic carbocycles. The first-order valence-electron chi connectivity index (χ1n) is 8.13. The minimum Gasteiger partial charge on any atom is -0.508 e. The van der Waals surface area contributed by atoms with Crippen LogP contribution in [0.3, 0.4) is 0 Å². The van der Waals surface area contributed by atoms with Gasteiger partial charge in [0, 0.05) is 24.7 Å². The summed E-state index contributed by atoms with van der Waals surface area (Å²) < 4.78 is 24.8. The molecule has 0 aromatic heterocycles. The number of halogens is 1. The van der Waals surface area contributed by atoms with Crippen LogP contribution in [0.5, 0.6) is 5.75 Å². The van der Waals surface area contributed by atoms with Gasteiger partial charge in [0.2, 0.25) is 0 Å². The Morgan fingerprint density at radius 3 is 2.32 bits per heavy atom. The van der Waals surface area contributed by atoms with Gasteiger partial charge in [-0.2, -0.15) is 0 Å². The van der Waals surface area contributed by atoms with Crippen LogP contribution in [0.15, 0.2) is 59.5 Å². The SMILES string of the molecule is O=S(=O)(CCN1CC=C(c2ccc(O)cc2)CC1)c1ccc(Cl)cc1. The summed E-state index contributed by atoms with van der Waals surface area (Å²) in [6.45, 7) is 2.06. The van der Waals surface area contributed by atoms with E-state index < -0.39 is 9.84 Å². The maximum atomic E-state index is 12.4. The molecule has 1 aliphatic rings. The fraction of sp³-hybridized carbons (Fsp3) is 0.263. The molecule has 2 aromatic rings. The van der Waals surface area contributed by atoms with Gasteiger partial charge < -0.3 is 5.11 Å². The monoisotopic (exact) mass is 377 g/mol. The van der Waals surface area contributed by atoms with Crippen molar-refractivity contribution in [3.05, 3.63) is 65.2 Å². The van der Waals surface area contributed by atoms with Crippen molar-refractivity contribution in [2.45, 2.75) is 11.3 Å². The molecule has 0 saturated heterocycles. The highest BCUT2D eigenvalue weighted by Gasteiger charge is 2.18. The molecule has 25 heavy (non-hydrogen) atoms. The van der Waals surface area contributed by atoms with E-state index in [0.29, 0.717) is 16.5 Å². The lowest BCUT2D eigenvalue weighted by Crippen LogP contribution is -2.33. The number of benzene rings is 2. The molecule has 0 spiro atoms. The van der Waals surface area contributed by atoms with E-state index in [1.807, 2.05) is 12.1 Å². The number of hydrogen-bond acceptors (Lipinski definition) is 4. The third kappa shape index (κ3) is 4.63. The summed E-state index contributed by atoms with van der Waals surface area (Å²) >= 11 is 5.81. The third-order valence-electron chi connectivity index (χ3n) is 4.38. The van der Waals surface area contributed by atoms with Crippen LogP contribution in [0.1, 0.15) is 12.0 Å². The number of aromatic hydroxyl groups is 1. The summed E-state index contributed by atoms with van der Waals surface area (Å²) in [6, 6.07) is 13.5. The van der Waals surface area contributed by atoms with E-state index in [1.54, 1.807) is 36.4 Å². The smallest absolute Gasteiger partial charge is 0.179 e. The van der Waals surface area contributed by atoms with Crippen molar-refractivity contribution in [2.75, 3.05) is 25.4 Å². The number of sulfone groups is 1. The van der Waals surface area contributed by atoms with Crippen LogP contribution in [0.2, 0.25) is 5.02 Å². The molecule has 0 amide bonds. The molecular formula is C19H20ClNO3S. The number of hydrogen-bond donors (Lipinski definition) is 1. The van der Waals surface area contributed by atoms with E-state index in [1.165, 1.54) is 5.57 Å². The molecule has 0 radical (unpaired) electrons. The summed E-state index contributed by atoms with van der Waals surface area (Å²) in [5.41, 5.74) is 2.34. The van der Waals surface area contributed by atoms with Crippen molar-refractivity contribution in [3.63, 3.8) is 0 Å². The lowest BCUT2D eigenvalue weighted by molar-refractivity contribution is 0.319. The Morgan fingerprint density at radius 1 is 1.04 bits per heavy atom. The maximum absolute atomic E-state index is 12.4. The minimum absolute atomic E-state index is 0.0943. The van der Waals surface area contributed by atoms with Crippen LogP contribution in [0.25, 0.3) is 5.57 Å². The van der Waals surface area contributed by atoms with Gasteiger partial charge in [0.1, 0.15) is 5.75 Å². The Bertz CT molecular complexity index is 859. The quantitative estimate of drug-likeness (QED) is 0.864. The molecular weight excluding hydrogens is 358 g/mol. The fourth-order valence-electron chi connectivity index (χ4n) is 2.86. The summed E-state index contributed by atoms with van der Waals surface area (Å²) in [6.07, 6.45) is 3.00. The Balaban J connectivity index is 1.58. The molecule has 0 bridgehead atoms. The second kappa shape index (κ2) is 7.60. The zero-order chi connectivity index (χ0) is 17.9. The van der Waals surface area contributed by atoms with Gasteiger partial charge in [0.15, 0.2) is 9.84 Å². The fourth-order valence-corrected chi connectivity index (χ4v) is 4.27. The average molecular weight is 378 g/mol. The molecule has 2 aromatic carbocycles. The van der Waals surface area contributed by atoms with E-state index in [2.05, 4.69) is 11.0 Å². The van der Waals surface area contributed by atoms with Crippen LogP contribution >= 0.6 is 11.6 Å². The van der Waals surface area contributed by atoms with Crippen molar-refractivity contribution in [1.29, 1.82) is 0 Å². The van der Waals surface area contributed by atoms with Gasteiger partial charge in [0.25, 0.3) is 0 Å². The van der Waals surface area contributed by atoms with Crippen molar-refractivity contribution < 1.29 is 13.5 Å². The van der Waals surface area contributed by atoms with Crippen LogP contribution in [0.4, 0.5) is 0 Å². The van der Waals surface area contributed by atoms with Crippen LogP contribution in [0, 0.1) is 0 Å². The number of phenolic OH excluding ortho intramolecular Hbond substituents is 1. The summed E-state index contributed by atoms with van der Waals surface area (Å²) in [5, 5.41) is 9.89. The van der Waals surface area contributed by atoms with E-state index in [-0.39, 0.29) is 11.5 Å². The lowest BCUT2D eigenvalue weighted by atomic mass is 9.99. The standard InChI is InChI=1S/C19H20ClNO3S/c20-17-3-7-19(8-4-17)25(23,24)14-13-21-11-9-16(10-12-21)15-1-5-18(22)6-2-15/h1-9,22H,10-14H2. The van der Waals surface area contributed by atoms with Gasteiger partial charge >= 0.3 is 0 Å². The van der Waals surface area contributed by atoms with Gasteiger partial charge in [-0.05, 0) is 54.0 Å². The molecule has 1 N–H and O–H groups in total. The van der Waals surface area contributed by atoms with Crippen molar-refractivity contribution in [3.8, 4) is 5.75 Å². The highest BCUT2D eigenvalue weighted by Crippen LogP contribution is 2.24. The first kappa shape index (κ1) is 18.0. The van der Waals surface area contributed by atoms with E-state index in [0.717, 1.165) is 25.1 Å². The lowest BCUT2D eigenvalue weighted by Gasteiger charge is -2.26. The summed E-state index contributed by atoms with van der Waals surface area (Å²) in [5.74, 6) is 0.353. The Labute approximate surface area is 153 Å². The highest BCUT2D eigenvalue weighted by atomic mass is 35.5. The van der Waals surface area contributed by atoms with Gasteiger partial charge in [0.05, 0.1) is 10.6 Å². The number of phenols is 1. The van der Waals surface area contributed by atoms with E-state index in [4.69, 9.17) is 11.6 Å². The third-order valence-corrected chi connectivity index (χ3v) is 6.34. The van der Waals surface area contributed by atoms with Gasteiger partial charge in [-0.1, -0.05) is 29.8 Å². The molecule has 0 saturated carbocycles. The maximum Gasteiger partial charge on any atom is 0.179 e. The zero-order valence-corrected chi connectivity index (χ0v) is 15.3. The predicted octanol–water partition coefficient (Wildman–Crippen LogP) is 3.61. The van der Waals surface area contributed by atoms with E-state index in [9.17, 15) is 13.5 Å². The first-order chi connectivity index (χ1) is 11.9. The topological polar surface area (TPSA) is 57.6 Å². The normalized spacial score (nSPS) is 15.8. The van der Waals surface area contributed by atoms with Crippen LogP contribution < -0.4 is 0 Å². The van der Waals surface area contributed by atoms with Crippen molar-refractivity contribution in [2.24, 2.45) is 0 Å². The summed E-state index contributed by atoms with van der Waals surface area (Å²) in [7, 11) is -3.30. The first-order valence-corrected chi connectivity index (χ1v) is 10.2. The Hall–Kier alpha value is -1.82. The molecule has 0 unspecified atom stereocenters. The van der Waals surface area contributed by atoms with Crippen LogP contribution in [-0.4, -0.2) is 43.8 Å². The highest BCUT2D eigenvalue weighted by molar-refractivity contribution is 7.91. The van der Waals surface area contributed by atoms with Gasteiger partial charge in [-0.3, -0.25) is 4.90 Å². The number of rotatable bonds is 5. The molecule has 1 aliphatic heterocycles. The van der Waals surface area contributed by atoms with Crippen molar-refractivity contribution in [1.82, 2.24) is 4.90 Å². The molecule has 6 heteroatoms. The summed E-state index contributed by atoms with van der Waals surface area (Å²) in [4.78, 5) is 2.45. The number of nitrogens with zero attached hydrogens (tertiary/aromatic N) is 1. The predicted molar refractivity (Wildman–Crippen MR) is 101 cm³/mol. The second-order valence-corrected chi connectivity index (χ2v) is 8.65. The molecule has 1 heterocycles. The molecule has 0 atom stereocenters. The van der Waals surface area contributed by atoms with Crippen LogP contribution in [-0.2, 0) is 9.84 Å². The molecule has 3 rings (SSSR count). The van der Waals surface area contributed by atoms with Crippen molar-refractivity contribution >= 4 is 27.0 Å². The van der Waals surface area contributed by atoms with Gasteiger partial charge in [-0.15, -0.1) is 0 Å².